The zero-order valence-electron chi connectivity index (χ0n) is 24.2. The Labute approximate surface area is 240 Å². The molecule has 0 saturated carbocycles. The van der Waals surface area contributed by atoms with Crippen molar-refractivity contribution < 1.29 is 14.3 Å². The SMILES string of the molecule is CCCNCc1ncc(-c2ccc(-c3ccc4c(NC(=O)[C@@H]5CCCN5C(=O)OC(C)(C)C)nccc4c3)cc2)[nH]1. The fourth-order valence-corrected chi connectivity index (χ4v) is 5.06. The van der Waals surface area contributed by atoms with E-state index in [9.17, 15) is 9.59 Å². The average Bonchev–Trinajstić information content (AvgIpc) is 3.63. The number of ether oxygens (including phenoxy) is 1. The highest BCUT2D eigenvalue weighted by Gasteiger charge is 2.36. The summed E-state index contributed by atoms with van der Waals surface area (Å²) in [6.07, 6.45) is 5.52. The van der Waals surface area contributed by atoms with Crippen molar-refractivity contribution in [2.75, 3.05) is 18.4 Å². The number of hydrogen-bond acceptors (Lipinski definition) is 6. The molecule has 1 fully saturated rings. The van der Waals surface area contributed by atoms with Gasteiger partial charge >= 0.3 is 6.09 Å². The standard InChI is InChI=1S/C32H38N6O3/c1-5-15-33-20-28-35-19-26(36-28)22-10-8-21(9-11-22)23-12-13-25-24(18-23)14-16-34-29(25)37-30(39)27-7-6-17-38(27)31(40)41-32(2,3)4/h8-14,16,18-19,27,33H,5-7,15,17,20H2,1-4H3,(H,35,36)(H,34,37,39)/t27-/m0/s1. The lowest BCUT2D eigenvalue weighted by molar-refractivity contribution is -0.120. The fraction of sp³-hybridized carbons (Fsp3) is 0.375. The lowest BCUT2D eigenvalue weighted by Crippen LogP contribution is -2.45. The third-order valence-corrected chi connectivity index (χ3v) is 7.07. The third-order valence-electron chi connectivity index (χ3n) is 7.07. The van der Waals surface area contributed by atoms with E-state index in [1.165, 1.54) is 4.90 Å². The van der Waals surface area contributed by atoms with Crippen molar-refractivity contribution in [1.29, 1.82) is 0 Å². The molecule has 0 spiro atoms. The molecule has 9 heteroatoms. The first kappa shape index (κ1) is 28.3. The number of carbonyl (C=O) groups excluding carboxylic acids is 2. The lowest BCUT2D eigenvalue weighted by Gasteiger charge is -2.28. The van der Waals surface area contributed by atoms with Crippen molar-refractivity contribution in [2.24, 2.45) is 0 Å². The number of amides is 2. The second-order valence-corrected chi connectivity index (χ2v) is 11.4. The molecule has 3 N–H and O–H groups in total. The first-order chi connectivity index (χ1) is 19.7. The number of rotatable bonds is 8. The summed E-state index contributed by atoms with van der Waals surface area (Å²) in [4.78, 5) is 39.7. The van der Waals surface area contributed by atoms with Gasteiger partial charge in [-0.05, 0) is 80.8 Å². The van der Waals surface area contributed by atoms with E-state index in [1.807, 2.05) is 45.2 Å². The molecule has 0 radical (unpaired) electrons. The van der Waals surface area contributed by atoms with Crippen molar-refractivity contribution in [3.8, 4) is 22.4 Å². The average molecular weight is 555 g/mol. The van der Waals surface area contributed by atoms with E-state index in [2.05, 4.69) is 62.8 Å². The number of likely N-dealkylation sites (tertiary alicyclic amines) is 1. The minimum Gasteiger partial charge on any atom is -0.444 e. The highest BCUT2D eigenvalue weighted by Crippen LogP contribution is 2.30. The number of nitrogens with zero attached hydrogens (tertiary/aromatic N) is 3. The van der Waals surface area contributed by atoms with E-state index < -0.39 is 17.7 Å². The van der Waals surface area contributed by atoms with Gasteiger partial charge in [0.25, 0.3) is 0 Å². The van der Waals surface area contributed by atoms with Crippen molar-refractivity contribution in [3.63, 3.8) is 0 Å². The van der Waals surface area contributed by atoms with Crippen LogP contribution in [0.15, 0.2) is 60.9 Å². The number of hydrogen-bond donors (Lipinski definition) is 3. The molecule has 5 rings (SSSR count). The largest absolute Gasteiger partial charge is 0.444 e. The monoisotopic (exact) mass is 554 g/mol. The van der Waals surface area contributed by atoms with Crippen LogP contribution in [0.2, 0.25) is 0 Å². The summed E-state index contributed by atoms with van der Waals surface area (Å²) in [5.74, 6) is 1.15. The molecule has 1 atom stereocenters. The number of nitrogens with one attached hydrogen (secondary N) is 3. The Hall–Kier alpha value is -4.24. The molecular weight excluding hydrogens is 516 g/mol. The van der Waals surface area contributed by atoms with E-state index in [4.69, 9.17) is 4.74 Å². The van der Waals surface area contributed by atoms with Crippen molar-refractivity contribution in [3.05, 3.63) is 66.7 Å². The van der Waals surface area contributed by atoms with Gasteiger partial charge in [-0.1, -0.05) is 43.3 Å². The van der Waals surface area contributed by atoms with E-state index in [0.717, 1.165) is 64.9 Å². The predicted octanol–water partition coefficient (Wildman–Crippen LogP) is 6.13. The fourth-order valence-electron chi connectivity index (χ4n) is 5.06. The van der Waals surface area contributed by atoms with Crippen LogP contribution in [0, 0.1) is 0 Å². The van der Waals surface area contributed by atoms with Gasteiger partial charge in [0.05, 0.1) is 18.4 Å². The van der Waals surface area contributed by atoms with Crippen LogP contribution in [-0.2, 0) is 16.1 Å². The Morgan fingerprint density at radius 2 is 1.80 bits per heavy atom. The lowest BCUT2D eigenvalue weighted by atomic mass is 10.00. The second kappa shape index (κ2) is 12.1. The van der Waals surface area contributed by atoms with Gasteiger partial charge in [-0.15, -0.1) is 0 Å². The number of fused-ring (bicyclic) bond motifs is 1. The summed E-state index contributed by atoms with van der Waals surface area (Å²) >= 11 is 0. The van der Waals surface area contributed by atoms with Crippen LogP contribution in [0.3, 0.4) is 0 Å². The Bertz CT molecular complexity index is 1520. The number of imidazole rings is 1. The maximum absolute atomic E-state index is 13.2. The number of aromatic nitrogens is 3. The Morgan fingerprint density at radius 1 is 1.05 bits per heavy atom. The Morgan fingerprint density at radius 3 is 2.56 bits per heavy atom. The molecule has 9 nitrogen and oxygen atoms in total. The zero-order valence-corrected chi connectivity index (χ0v) is 24.2. The zero-order chi connectivity index (χ0) is 29.0. The first-order valence-electron chi connectivity index (χ1n) is 14.3. The molecule has 0 unspecified atom stereocenters. The minimum atomic E-state index is -0.621. The van der Waals surface area contributed by atoms with Crippen LogP contribution in [0.1, 0.15) is 52.8 Å². The number of pyridine rings is 1. The summed E-state index contributed by atoms with van der Waals surface area (Å²) in [5, 5.41) is 8.13. The molecule has 0 aliphatic carbocycles. The predicted molar refractivity (Wildman–Crippen MR) is 161 cm³/mol. The summed E-state index contributed by atoms with van der Waals surface area (Å²) < 4.78 is 5.51. The van der Waals surface area contributed by atoms with Crippen LogP contribution in [-0.4, -0.2) is 56.6 Å². The normalized spacial score (nSPS) is 15.3. The molecule has 41 heavy (non-hydrogen) atoms. The van der Waals surface area contributed by atoms with E-state index in [0.29, 0.717) is 18.8 Å². The highest BCUT2D eigenvalue weighted by molar-refractivity contribution is 6.04. The maximum atomic E-state index is 13.2. The summed E-state index contributed by atoms with van der Waals surface area (Å²) in [5.41, 5.74) is 3.59. The van der Waals surface area contributed by atoms with E-state index >= 15 is 0 Å². The molecule has 1 aliphatic heterocycles. The number of carbonyl (C=O) groups is 2. The molecule has 1 aliphatic rings. The van der Waals surface area contributed by atoms with Gasteiger partial charge in [0.2, 0.25) is 5.91 Å². The molecule has 1 saturated heterocycles. The van der Waals surface area contributed by atoms with Gasteiger partial charge in [0.15, 0.2) is 0 Å². The van der Waals surface area contributed by atoms with Crippen molar-refractivity contribution >= 4 is 28.6 Å². The van der Waals surface area contributed by atoms with Gasteiger partial charge < -0.3 is 20.4 Å². The Kier molecular flexibility index (Phi) is 8.35. The summed E-state index contributed by atoms with van der Waals surface area (Å²) in [6, 6.07) is 15.8. The molecular formula is C32H38N6O3. The molecule has 2 amide bonds. The van der Waals surface area contributed by atoms with Crippen molar-refractivity contribution in [2.45, 2.75) is 65.1 Å². The molecule has 2 aromatic heterocycles. The van der Waals surface area contributed by atoms with Crippen LogP contribution in [0.25, 0.3) is 33.2 Å². The number of aromatic amines is 1. The van der Waals surface area contributed by atoms with Crippen LogP contribution >= 0.6 is 0 Å². The van der Waals surface area contributed by atoms with Gasteiger partial charge in [-0.25, -0.2) is 14.8 Å². The third kappa shape index (κ3) is 6.74. The van der Waals surface area contributed by atoms with E-state index in [-0.39, 0.29) is 5.91 Å². The van der Waals surface area contributed by atoms with Crippen LogP contribution in [0.4, 0.5) is 10.6 Å². The van der Waals surface area contributed by atoms with Gasteiger partial charge in [0, 0.05) is 18.1 Å². The second-order valence-electron chi connectivity index (χ2n) is 11.4. The number of H-pyrrole nitrogens is 1. The van der Waals surface area contributed by atoms with Gasteiger partial charge in [0.1, 0.15) is 23.3 Å². The molecule has 214 valence electrons. The number of anilines is 1. The minimum absolute atomic E-state index is 0.254. The van der Waals surface area contributed by atoms with Crippen molar-refractivity contribution in [1.82, 2.24) is 25.2 Å². The quantitative estimate of drug-likeness (QED) is 0.226. The Balaban J connectivity index is 1.29. The van der Waals surface area contributed by atoms with Gasteiger partial charge in [-0.2, -0.15) is 0 Å². The number of benzene rings is 2. The maximum Gasteiger partial charge on any atom is 0.410 e. The smallest absolute Gasteiger partial charge is 0.410 e. The first-order valence-corrected chi connectivity index (χ1v) is 14.3. The van der Waals surface area contributed by atoms with Gasteiger partial charge in [-0.3, -0.25) is 9.69 Å². The van der Waals surface area contributed by atoms with Crippen LogP contribution in [0.5, 0.6) is 0 Å². The summed E-state index contributed by atoms with van der Waals surface area (Å²) in [6.45, 7) is 9.79. The molecule has 0 bridgehead atoms. The molecule has 2 aromatic carbocycles. The summed E-state index contributed by atoms with van der Waals surface area (Å²) in [7, 11) is 0. The topological polar surface area (TPSA) is 112 Å². The van der Waals surface area contributed by atoms with Crippen LogP contribution < -0.4 is 10.6 Å². The molecule has 3 heterocycles. The highest BCUT2D eigenvalue weighted by atomic mass is 16.6. The van der Waals surface area contributed by atoms with E-state index in [1.54, 1.807) is 6.20 Å². The molecule has 4 aromatic rings.